The van der Waals surface area contributed by atoms with Crippen LogP contribution in [0.25, 0.3) is 16.5 Å². The second-order valence-electron chi connectivity index (χ2n) is 7.30. The van der Waals surface area contributed by atoms with Crippen molar-refractivity contribution in [3.05, 3.63) is 54.9 Å². The first-order chi connectivity index (χ1) is 11.4. The molecule has 0 radical (unpaired) electrons. The van der Waals surface area contributed by atoms with Crippen molar-refractivity contribution in [3.63, 3.8) is 0 Å². The van der Waals surface area contributed by atoms with Crippen molar-refractivity contribution >= 4 is 23.4 Å². The van der Waals surface area contributed by atoms with Gasteiger partial charge in [-0.25, -0.2) is 4.68 Å². The van der Waals surface area contributed by atoms with E-state index in [0.717, 1.165) is 11.2 Å². The number of fused-ring (bicyclic) bond motifs is 1. The second kappa shape index (κ2) is 5.20. The number of hydrogen-bond acceptors (Lipinski definition) is 3. The van der Waals surface area contributed by atoms with Gasteiger partial charge in [-0.15, -0.1) is 0 Å². The van der Waals surface area contributed by atoms with Crippen LogP contribution in [0.3, 0.4) is 0 Å². The van der Waals surface area contributed by atoms with Crippen LogP contribution in [0.5, 0.6) is 0 Å². The maximum atomic E-state index is 6.11. The third kappa shape index (κ3) is 2.36. The van der Waals surface area contributed by atoms with Gasteiger partial charge in [-0.2, -0.15) is 5.10 Å². The van der Waals surface area contributed by atoms with Gasteiger partial charge in [0.2, 0.25) is 0 Å². The minimum atomic E-state index is -0.390. The predicted octanol–water partition coefficient (Wildman–Crippen LogP) is 3.32. The van der Waals surface area contributed by atoms with E-state index < -0.39 is 7.12 Å². The highest BCUT2D eigenvalue weighted by atomic mass is 16.7. The van der Waals surface area contributed by atoms with Crippen LogP contribution in [0.15, 0.2) is 54.9 Å². The van der Waals surface area contributed by atoms with Crippen molar-refractivity contribution in [1.82, 2.24) is 9.78 Å². The molecule has 1 aliphatic heterocycles. The topological polar surface area (TPSA) is 36.3 Å². The summed E-state index contributed by atoms with van der Waals surface area (Å²) in [6, 6.07) is 14.5. The molecule has 24 heavy (non-hydrogen) atoms. The van der Waals surface area contributed by atoms with E-state index in [-0.39, 0.29) is 11.2 Å². The molecule has 122 valence electrons. The fraction of sp³-hybridized carbons (Fsp3) is 0.316. The van der Waals surface area contributed by atoms with Gasteiger partial charge in [-0.05, 0) is 39.1 Å². The van der Waals surface area contributed by atoms with E-state index in [0.29, 0.717) is 0 Å². The van der Waals surface area contributed by atoms with Crippen molar-refractivity contribution in [2.24, 2.45) is 0 Å². The smallest absolute Gasteiger partial charge is 0.399 e. The van der Waals surface area contributed by atoms with Gasteiger partial charge in [-0.3, -0.25) is 0 Å². The molecule has 0 atom stereocenters. The Morgan fingerprint density at radius 2 is 1.58 bits per heavy atom. The SMILES string of the molecule is CC1(C)OB(c2cnn(-c3cccc4ccccc34)c2)OC1(C)C. The van der Waals surface area contributed by atoms with Crippen molar-refractivity contribution in [2.75, 3.05) is 0 Å². The average Bonchev–Trinajstić information content (AvgIpc) is 3.10. The van der Waals surface area contributed by atoms with E-state index in [1.807, 2.05) is 35.3 Å². The summed E-state index contributed by atoms with van der Waals surface area (Å²) in [5.41, 5.74) is 1.29. The Morgan fingerprint density at radius 1 is 0.917 bits per heavy atom. The van der Waals surface area contributed by atoms with Gasteiger partial charge < -0.3 is 9.31 Å². The van der Waals surface area contributed by atoms with E-state index in [2.05, 4.69) is 57.1 Å². The Hall–Kier alpha value is -2.11. The minimum Gasteiger partial charge on any atom is -0.399 e. The zero-order valence-corrected chi connectivity index (χ0v) is 14.5. The first-order valence-corrected chi connectivity index (χ1v) is 8.26. The van der Waals surface area contributed by atoms with Crippen molar-refractivity contribution in [1.29, 1.82) is 0 Å². The molecule has 1 aromatic heterocycles. The van der Waals surface area contributed by atoms with E-state index in [4.69, 9.17) is 9.31 Å². The molecule has 2 heterocycles. The highest BCUT2D eigenvalue weighted by molar-refractivity contribution is 6.62. The normalized spacial score (nSPS) is 19.1. The Labute approximate surface area is 142 Å². The van der Waals surface area contributed by atoms with Crippen LogP contribution in [-0.4, -0.2) is 28.1 Å². The predicted molar refractivity (Wildman–Crippen MR) is 96.8 cm³/mol. The highest BCUT2D eigenvalue weighted by Crippen LogP contribution is 2.36. The molecule has 4 rings (SSSR count). The lowest BCUT2D eigenvalue weighted by Gasteiger charge is -2.32. The summed E-state index contributed by atoms with van der Waals surface area (Å²) in [6.07, 6.45) is 3.81. The van der Waals surface area contributed by atoms with Gasteiger partial charge in [0.15, 0.2) is 0 Å². The van der Waals surface area contributed by atoms with Crippen LogP contribution in [0.4, 0.5) is 0 Å². The Balaban J connectivity index is 1.71. The maximum absolute atomic E-state index is 6.11. The zero-order valence-electron chi connectivity index (χ0n) is 14.5. The molecule has 0 saturated carbocycles. The Bertz CT molecular complexity index is 880. The number of nitrogens with zero attached hydrogens (tertiary/aromatic N) is 2. The fourth-order valence-electron chi connectivity index (χ4n) is 2.98. The van der Waals surface area contributed by atoms with Crippen LogP contribution in [0.2, 0.25) is 0 Å². The van der Waals surface area contributed by atoms with Gasteiger partial charge in [0.1, 0.15) is 0 Å². The average molecular weight is 320 g/mol. The fourth-order valence-corrected chi connectivity index (χ4v) is 2.98. The first-order valence-electron chi connectivity index (χ1n) is 8.26. The number of hydrogen-bond donors (Lipinski definition) is 0. The van der Waals surface area contributed by atoms with Crippen LogP contribution in [0.1, 0.15) is 27.7 Å². The molecular weight excluding hydrogens is 299 g/mol. The van der Waals surface area contributed by atoms with E-state index >= 15 is 0 Å². The molecule has 5 heteroatoms. The summed E-state index contributed by atoms with van der Waals surface area (Å²) in [4.78, 5) is 0. The molecule has 0 spiro atoms. The molecule has 3 aromatic rings. The highest BCUT2D eigenvalue weighted by Gasteiger charge is 2.52. The van der Waals surface area contributed by atoms with Crippen LogP contribution in [0, 0.1) is 0 Å². The van der Waals surface area contributed by atoms with Gasteiger partial charge >= 0.3 is 7.12 Å². The van der Waals surface area contributed by atoms with Gasteiger partial charge in [0.05, 0.1) is 16.9 Å². The number of benzene rings is 2. The summed E-state index contributed by atoms with van der Waals surface area (Å²) in [6.45, 7) is 8.23. The summed E-state index contributed by atoms with van der Waals surface area (Å²) >= 11 is 0. The third-order valence-electron chi connectivity index (χ3n) is 5.14. The summed E-state index contributed by atoms with van der Waals surface area (Å²) in [5.74, 6) is 0. The molecule has 0 aliphatic carbocycles. The monoisotopic (exact) mass is 320 g/mol. The van der Waals surface area contributed by atoms with Crippen molar-refractivity contribution in [2.45, 2.75) is 38.9 Å². The molecule has 4 nitrogen and oxygen atoms in total. The molecule has 0 unspecified atom stereocenters. The largest absolute Gasteiger partial charge is 0.498 e. The maximum Gasteiger partial charge on any atom is 0.498 e. The van der Waals surface area contributed by atoms with Crippen molar-refractivity contribution < 1.29 is 9.31 Å². The molecule has 0 amide bonds. The van der Waals surface area contributed by atoms with Crippen molar-refractivity contribution in [3.8, 4) is 5.69 Å². The molecule has 0 N–H and O–H groups in total. The molecule has 1 aliphatic rings. The lowest BCUT2D eigenvalue weighted by atomic mass is 9.82. The van der Waals surface area contributed by atoms with E-state index in [9.17, 15) is 0 Å². The number of rotatable bonds is 2. The van der Waals surface area contributed by atoms with Gasteiger partial charge in [0, 0.05) is 23.2 Å². The molecule has 1 saturated heterocycles. The Morgan fingerprint density at radius 3 is 2.33 bits per heavy atom. The summed E-state index contributed by atoms with van der Waals surface area (Å²) in [7, 11) is -0.390. The Kier molecular flexibility index (Phi) is 3.34. The third-order valence-corrected chi connectivity index (χ3v) is 5.14. The van der Waals surface area contributed by atoms with Gasteiger partial charge in [-0.1, -0.05) is 36.4 Å². The lowest BCUT2D eigenvalue weighted by molar-refractivity contribution is 0.00578. The second-order valence-corrected chi connectivity index (χ2v) is 7.30. The standard InChI is InChI=1S/C19H21BN2O2/c1-18(2)19(3,4)24-20(23-18)15-12-21-22(13-15)17-11-7-9-14-8-5-6-10-16(14)17/h5-13H,1-4H3. The van der Waals surface area contributed by atoms with Crippen LogP contribution >= 0.6 is 0 Å². The quantitative estimate of drug-likeness (QED) is 0.680. The molecule has 1 fully saturated rings. The molecule has 2 aromatic carbocycles. The van der Waals surface area contributed by atoms with E-state index in [1.165, 1.54) is 10.8 Å². The first kappa shape index (κ1) is 15.4. The molecular formula is C19H21BN2O2. The zero-order chi connectivity index (χ0) is 16.9. The molecule has 0 bridgehead atoms. The summed E-state index contributed by atoms with van der Waals surface area (Å²) in [5, 5.41) is 6.90. The van der Waals surface area contributed by atoms with Crippen LogP contribution < -0.4 is 5.46 Å². The summed E-state index contributed by atoms with van der Waals surface area (Å²) < 4.78 is 14.1. The number of aromatic nitrogens is 2. The van der Waals surface area contributed by atoms with E-state index in [1.54, 1.807) is 0 Å². The lowest BCUT2D eigenvalue weighted by Crippen LogP contribution is -2.41. The van der Waals surface area contributed by atoms with Gasteiger partial charge in [0.25, 0.3) is 0 Å². The van der Waals surface area contributed by atoms with Crippen LogP contribution in [-0.2, 0) is 9.31 Å². The minimum absolute atomic E-state index is 0.348.